The Labute approximate surface area is 134 Å². The standard InChI is InChI=1S/C19H15NO3/c1-12-3-6-15(20-18(22)9-10-19(20)23)11-17(12)13(2)14-4-7-16(21)8-5-14/h3-11,21H,2H2,1H3. The molecule has 0 saturated heterocycles. The van der Waals surface area contributed by atoms with Gasteiger partial charge in [-0.3, -0.25) is 9.59 Å². The second-order valence-electron chi connectivity index (χ2n) is 5.37. The van der Waals surface area contributed by atoms with Crippen LogP contribution in [0.25, 0.3) is 5.57 Å². The Balaban J connectivity index is 2.01. The summed E-state index contributed by atoms with van der Waals surface area (Å²) in [6.45, 7) is 6.05. The zero-order valence-corrected chi connectivity index (χ0v) is 12.6. The van der Waals surface area contributed by atoms with Gasteiger partial charge < -0.3 is 5.11 Å². The fourth-order valence-electron chi connectivity index (χ4n) is 2.55. The molecular weight excluding hydrogens is 290 g/mol. The number of benzene rings is 2. The molecule has 0 bridgehead atoms. The lowest BCUT2D eigenvalue weighted by atomic mass is 9.95. The van der Waals surface area contributed by atoms with Crippen molar-refractivity contribution in [1.82, 2.24) is 0 Å². The van der Waals surface area contributed by atoms with Crippen molar-refractivity contribution in [2.24, 2.45) is 0 Å². The van der Waals surface area contributed by atoms with E-state index in [-0.39, 0.29) is 17.6 Å². The number of rotatable bonds is 3. The van der Waals surface area contributed by atoms with Crippen molar-refractivity contribution in [3.05, 3.63) is 77.9 Å². The van der Waals surface area contributed by atoms with Crippen molar-refractivity contribution in [2.45, 2.75) is 6.92 Å². The third-order valence-electron chi connectivity index (χ3n) is 3.83. The highest BCUT2D eigenvalue weighted by atomic mass is 16.3. The van der Waals surface area contributed by atoms with Gasteiger partial charge in [-0.15, -0.1) is 0 Å². The third kappa shape index (κ3) is 2.66. The average Bonchev–Trinajstić information content (AvgIpc) is 2.87. The highest BCUT2D eigenvalue weighted by Crippen LogP contribution is 2.30. The highest BCUT2D eigenvalue weighted by Gasteiger charge is 2.25. The molecule has 0 unspecified atom stereocenters. The molecule has 0 saturated carbocycles. The normalized spacial score (nSPS) is 13.7. The molecule has 1 aliphatic rings. The van der Waals surface area contributed by atoms with Gasteiger partial charge in [0, 0.05) is 12.2 Å². The van der Waals surface area contributed by atoms with Gasteiger partial charge in [-0.1, -0.05) is 24.8 Å². The maximum absolute atomic E-state index is 11.8. The van der Waals surface area contributed by atoms with Crippen LogP contribution in [-0.4, -0.2) is 16.9 Å². The number of imide groups is 1. The Morgan fingerprint density at radius 1 is 1.00 bits per heavy atom. The zero-order valence-electron chi connectivity index (χ0n) is 12.6. The lowest BCUT2D eigenvalue weighted by Crippen LogP contribution is -2.29. The first-order valence-corrected chi connectivity index (χ1v) is 7.13. The lowest BCUT2D eigenvalue weighted by molar-refractivity contribution is -0.119. The van der Waals surface area contributed by atoms with Crippen molar-refractivity contribution in [1.29, 1.82) is 0 Å². The monoisotopic (exact) mass is 305 g/mol. The molecule has 2 amide bonds. The minimum absolute atomic E-state index is 0.186. The summed E-state index contributed by atoms with van der Waals surface area (Å²) in [5.41, 5.74) is 3.97. The van der Waals surface area contributed by atoms with E-state index in [9.17, 15) is 14.7 Å². The average molecular weight is 305 g/mol. The largest absolute Gasteiger partial charge is 0.508 e. The van der Waals surface area contributed by atoms with Gasteiger partial charge >= 0.3 is 0 Å². The van der Waals surface area contributed by atoms with E-state index < -0.39 is 0 Å². The Bertz CT molecular complexity index is 829. The molecule has 4 heteroatoms. The van der Waals surface area contributed by atoms with Crippen LogP contribution in [-0.2, 0) is 9.59 Å². The van der Waals surface area contributed by atoms with Crippen LogP contribution >= 0.6 is 0 Å². The maximum Gasteiger partial charge on any atom is 0.258 e. The number of amides is 2. The third-order valence-corrected chi connectivity index (χ3v) is 3.83. The Morgan fingerprint density at radius 2 is 1.61 bits per heavy atom. The first-order chi connectivity index (χ1) is 11.0. The molecule has 2 aromatic carbocycles. The SMILES string of the molecule is C=C(c1ccc(O)cc1)c1cc(N2C(=O)C=CC2=O)ccc1C. The highest BCUT2D eigenvalue weighted by molar-refractivity contribution is 6.28. The summed E-state index contributed by atoms with van der Waals surface area (Å²) in [5.74, 6) is -0.508. The fraction of sp³-hybridized carbons (Fsp3) is 0.0526. The van der Waals surface area contributed by atoms with E-state index in [0.29, 0.717) is 5.69 Å². The molecule has 1 aliphatic heterocycles. The van der Waals surface area contributed by atoms with Gasteiger partial charge in [-0.2, -0.15) is 0 Å². The van der Waals surface area contributed by atoms with Crippen molar-refractivity contribution >= 4 is 23.1 Å². The first-order valence-electron chi connectivity index (χ1n) is 7.13. The minimum atomic E-state index is -0.347. The van der Waals surface area contributed by atoms with E-state index in [1.807, 2.05) is 13.0 Å². The Morgan fingerprint density at radius 3 is 2.22 bits per heavy atom. The topological polar surface area (TPSA) is 57.6 Å². The van der Waals surface area contributed by atoms with Gasteiger partial charge in [0.25, 0.3) is 11.8 Å². The number of nitrogens with zero attached hydrogens (tertiary/aromatic N) is 1. The van der Waals surface area contributed by atoms with Gasteiger partial charge in [-0.25, -0.2) is 4.90 Å². The maximum atomic E-state index is 11.8. The molecule has 0 aliphatic carbocycles. The predicted octanol–water partition coefficient (Wildman–Crippen LogP) is 3.19. The summed E-state index contributed by atoms with van der Waals surface area (Å²) in [7, 11) is 0. The number of hydrogen-bond acceptors (Lipinski definition) is 3. The van der Waals surface area contributed by atoms with Crippen molar-refractivity contribution in [2.75, 3.05) is 4.90 Å². The van der Waals surface area contributed by atoms with Crippen molar-refractivity contribution in [3.63, 3.8) is 0 Å². The Hall–Kier alpha value is -3.14. The first kappa shape index (κ1) is 14.8. The Kier molecular flexibility index (Phi) is 3.58. The predicted molar refractivity (Wildman–Crippen MR) is 89.1 cm³/mol. The molecule has 4 nitrogen and oxygen atoms in total. The van der Waals surface area contributed by atoms with Crippen LogP contribution < -0.4 is 4.90 Å². The van der Waals surface area contributed by atoms with Gasteiger partial charge in [0.15, 0.2) is 0 Å². The summed E-state index contributed by atoms with van der Waals surface area (Å²) in [6, 6.07) is 12.1. The van der Waals surface area contributed by atoms with Crippen LogP contribution in [0.3, 0.4) is 0 Å². The van der Waals surface area contributed by atoms with Gasteiger partial charge in [0.1, 0.15) is 5.75 Å². The number of carbonyl (C=O) groups is 2. The summed E-state index contributed by atoms with van der Waals surface area (Å²) < 4.78 is 0. The molecular formula is C19H15NO3. The number of aromatic hydroxyl groups is 1. The summed E-state index contributed by atoms with van der Waals surface area (Å²) in [5, 5.41) is 9.39. The van der Waals surface area contributed by atoms with Crippen LogP contribution in [0.5, 0.6) is 5.75 Å². The molecule has 23 heavy (non-hydrogen) atoms. The molecule has 1 heterocycles. The molecule has 0 fully saturated rings. The molecule has 0 spiro atoms. The minimum Gasteiger partial charge on any atom is -0.508 e. The fourth-order valence-corrected chi connectivity index (χ4v) is 2.55. The van der Waals surface area contributed by atoms with E-state index >= 15 is 0 Å². The molecule has 0 atom stereocenters. The molecule has 3 rings (SSSR count). The second kappa shape index (κ2) is 5.57. The lowest BCUT2D eigenvalue weighted by Gasteiger charge is -2.17. The van der Waals surface area contributed by atoms with Crippen LogP contribution in [0.15, 0.2) is 61.2 Å². The molecule has 0 radical (unpaired) electrons. The molecule has 0 aromatic heterocycles. The zero-order chi connectivity index (χ0) is 16.6. The van der Waals surface area contributed by atoms with Crippen LogP contribution in [0.4, 0.5) is 5.69 Å². The number of anilines is 1. The number of phenols is 1. The quantitative estimate of drug-likeness (QED) is 0.886. The van der Waals surface area contributed by atoms with Gasteiger partial charge in [0.2, 0.25) is 0 Å². The summed E-state index contributed by atoms with van der Waals surface area (Å²) in [4.78, 5) is 24.8. The van der Waals surface area contributed by atoms with Crippen LogP contribution in [0.1, 0.15) is 16.7 Å². The van der Waals surface area contributed by atoms with Crippen molar-refractivity contribution < 1.29 is 14.7 Å². The van der Waals surface area contributed by atoms with E-state index in [1.54, 1.807) is 36.4 Å². The summed E-state index contributed by atoms with van der Waals surface area (Å²) >= 11 is 0. The molecule has 2 aromatic rings. The van der Waals surface area contributed by atoms with Crippen LogP contribution in [0, 0.1) is 6.92 Å². The van der Waals surface area contributed by atoms with E-state index in [4.69, 9.17) is 0 Å². The molecule has 1 N–H and O–H groups in total. The second-order valence-corrected chi connectivity index (χ2v) is 5.37. The number of carbonyl (C=O) groups excluding carboxylic acids is 2. The number of hydrogen-bond donors (Lipinski definition) is 1. The van der Waals surface area contributed by atoms with Gasteiger partial charge in [-0.05, 0) is 53.5 Å². The van der Waals surface area contributed by atoms with E-state index in [0.717, 1.165) is 27.2 Å². The van der Waals surface area contributed by atoms with E-state index in [1.165, 1.54) is 12.2 Å². The van der Waals surface area contributed by atoms with Gasteiger partial charge in [0.05, 0.1) is 5.69 Å². The van der Waals surface area contributed by atoms with Crippen molar-refractivity contribution in [3.8, 4) is 5.75 Å². The number of aryl methyl sites for hydroxylation is 1. The number of phenolic OH excluding ortho intramolecular Hbond substituents is 1. The molecule has 114 valence electrons. The van der Waals surface area contributed by atoms with Crippen LogP contribution in [0.2, 0.25) is 0 Å². The smallest absolute Gasteiger partial charge is 0.258 e. The summed E-state index contributed by atoms with van der Waals surface area (Å²) in [6.07, 6.45) is 2.52. The van der Waals surface area contributed by atoms with E-state index in [2.05, 4.69) is 6.58 Å².